The summed E-state index contributed by atoms with van der Waals surface area (Å²) in [5.74, 6) is -0.682. The number of pyridine rings is 2. The van der Waals surface area contributed by atoms with Gasteiger partial charge in [0.05, 0.1) is 16.1 Å². The maximum atomic E-state index is 14.2. The highest BCUT2D eigenvalue weighted by atomic mass is 32.2. The van der Waals surface area contributed by atoms with Gasteiger partial charge in [0.2, 0.25) is 0 Å². The Morgan fingerprint density at radius 2 is 1.71 bits per heavy atom. The van der Waals surface area contributed by atoms with Crippen LogP contribution in [0.25, 0.3) is 22.2 Å². The summed E-state index contributed by atoms with van der Waals surface area (Å²) in [6.07, 6.45) is 7.70. The number of fused-ring (bicyclic) bond motifs is 1. The largest absolute Gasteiger partial charge is 0.337 e. The zero-order valence-corrected chi connectivity index (χ0v) is 23.5. The Bertz CT molecular complexity index is 1800. The molecule has 0 saturated carbocycles. The van der Waals surface area contributed by atoms with Crippen LogP contribution in [0.5, 0.6) is 0 Å². The van der Waals surface area contributed by atoms with E-state index in [0.29, 0.717) is 17.8 Å². The van der Waals surface area contributed by atoms with Gasteiger partial charge in [0.1, 0.15) is 0 Å². The van der Waals surface area contributed by atoms with Crippen LogP contribution in [0.1, 0.15) is 35.7 Å². The highest BCUT2D eigenvalue weighted by Gasteiger charge is 2.31. The Labute approximate surface area is 238 Å². The van der Waals surface area contributed by atoms with E-state index in [4.69, 9.17) is 0 Å². The van der Waals surface area contributed by atoms with Crippen molar-refractivity contribution in [1.29, 1.82) is 0 Å². The van der Waals surface area contributed by atoms with Crippen LogP contribution in [0.3, 0.4) is 0 Å². The van der Waals surface area contributed by atoms with E-state index in [0.717, 1.165) is 32.8 Å². The zero-order valence-electron chi connectivity index (χ0n) is 22.7. The van der Waals surface area contributed by atoms with E-state index in [-0.39, 0.29) is 21.5 Å². The van der Waals surface area contributed by atoms with Crippen LogP contribution in [0.15, 0.2) is 102 Å². The molecule has 0 radical (unpaired) electrons. The molecule has 0 bridgehead atoms. The predicted octanol–water partition coefficient (Wildman–Crippen LogP) is 5.80. The Morgan fingerprint density at radius 1 is 0.951 bits per heavy atom. The molecule has 9 nitrogen and oxygen atoms in total. The normalized spacial score (nSPS) is 11.4. The number of imide groups is 1. The monoisotopic (exact) mass is 567 g/mol. The maximum absolute atomic E-state index is 14.2. The van der Waals surface area contributed by atoms with Crippen molar-refractivity contribution in [2.24, 2.45) is 0 Å². The molecule has 0 unspecified atom stereocenters. The fourth-order valence-electron chi connectivity index (χ4n) is 4.42. The van der Waals surface area contributed by atoms with Crippen molar-refractivity contribution in [3.8, 4) is 11.1 Å². The van der Waals surface area contributed by atoms with E-state index in [9.17, 15) is 18.0 Å². The van der Waals surface area contributed by atoms with Gasteiger partial charge < -0.3 is 5.32 Å². The molecule has 208 valence electrons. The summed E-state index contributed by atoms with van der Waals surface area (Å²) in [5.41, 5.74) is 2.73. The summed E-state index contributed by atoms with van der Waals surface area (Å²) in [6, 6.07) is 19.7. The van der Waals surface area contributed by atoms with Gasteiger partial charge in [-0.25, -0.2) is 27.1 Å². The molecule has 0 spiro atoms. The van der Waals surface area contributed by atoms with Crippen LogP contribution in [-0.2, 0) is 10.0 Å². The third kappa shape index (κ3) is 5.59. The summed E-state index contributed by atoms with van der Waals surface area (Å²) in [4.78, 5) is 37.3. The SMILES string of the molecule is CCCCNC(=O)N(C(=O)c1cn(S(=O)(=O)c2ccc(C)cc2)c2ncc(-c3cccnc3)cc12)c1ccccc1. The molecule has 0 aliphatic rings. The van der Waals surface area contributed by atoms with Gasteiger partial charge in [0, 0.05) is 47.8 Å². The third-order valence-electron chi connectivity index (χ3n) is 6.64. The smallest absolute Gasteiger partial charge is 0.329 e. The number of hydrogen-bond donors (Lipinski definition) is 1. The minimum absolute atomic E-state index is 0.0171. The average molecular weight is 568 g/mol. The quantitative estimate of drug-likeness (QED) is 0.237. The standard InChI is InChI=1S/C31H29N5O4S/c1-3-4-17-33-31(38)36(25-10-6-5-7-11-25)30(37)28-21-35(41(39,40)26-14-12-22(2)13-15-26)29-27(28)18-24(20-34-29)23-9-8-16-32-19-23/h5-16,18-21H,3-4,17H2,1-2H3,(H,33,38). The number of urea groups is 1. The molecule has 3 aromatic heterocycles. The second-order valence-corrected chi connectivity index (χ2v) is 11.4. The lowest BCUT2D eigenvalue weighted by molar-refractivity contribution is 0.0995. The summed E-state index contributed by atoms with van der Waals surface area (Å²) in [5, 5.41) is 3.09. The van der Waals surface area contributed by atoms with E-state index in [1.807, 2.05) is 19.9 Å². The van der Waals surface area contributed by atoms with Gasteiger partial charge in [-0.1, -0.05) is 55.3 Å². The number of unbranched alkanes of at least 4 members (excludes halogenated alkanes) is 1. The van der Waals surface area contributed by atoms with Crippen molar-refractivity contribution < 1.29 is 18.0 Å². The summed E-state index contributed by atoms with van der Waals surface area (Å²) in [7, 11) is -4.13. The van der Waals surface area contributed by atoms with E-state index in [1.54, 1.807) is 73.2 Å². The lowest BCUT2D eigenvalue weighted by atomic mass is 10.1. The first kappa shape index (κ1) is 27.7. The summed E-state index contributed by atoms with van der Waals surface area (Å²) < 4.78 is 28.6. The lowest BCUT2D eigenvalue weighted by Gasteiger charge is -2.21. The molecule has 0 fully saturated rings. The van der Waals surface area contributed by atoms with Crippen LogP contribution in [0.4, 0.5) is 10.5 Å². The van der Waals surface area contributed by atoms with E-state index in [1.165, 1.54) is 18.3 Å². The zero-order chi connectivity index (χ0) is 29.0. The van der Waals surface area contributed by atoms with E-state index in [2.05, 4.69) is 15.3 Å². The molecular weight excluding hydrogens is 538 g/mol. The Hall–Kier alpha value is -4.83. The molecule has 0 aliphatic heterocycles. The van der Waals surface area contributed by atoms with Crippen LogP contribution >= 0.6 is 0 Å². The molecule has 2 aromatic carbocycles. The molecule has 10 heteroatoms. The van der Waals surface area contributed by atoms with Crippen LogP contribution < -0.4 is 10.2 Å². The van der Waals surface area contributed by atoms with Crippen molar-refractivity contribution in [2.75, 3.05) is 11.4 Å². The van der Waals surface area contributed by atoms with Crippen molar-refractivity contribution in [2.45, 2.75) is 31.6 Å². The minimum Gasteiger partial charge on any atom is -0.337 e. The van der Waals surface area contributed by atoms with Crippen molar-refractivity contribution >= 4 is 38.7 Å². The topological polar surface area (TPSA) is 114 Å². The molecule has 0 aliphatic carbocycles. The molecule has 5 rings (SSSR count). The fourth-order valence-corrected chi connectivity index (χ4v) is 5.75. The number of aromatic nitrogens is 3. The number of rotatable bonds is 8. The minimum atomic E-state index is -4.13. The molecule has 5 aromatic rings. The number of nitrogens with zero attached hydrogens (tertiary/aromatic N) is 4. The van der Waals surface area contributed by atoms with Gasteiger partial charge in [-0.2, -0.15) is 0 Å². The summed E-state index contributed by atoms with van der Waals surface area (Å²) >= 11 is 0. The molecule has 1 N–H and O–H groups in total. The van der Waals surface area contributed by atoms with Gasteiger partial charge in [-0.3, -0.25) is 9.78 Å². The number of nitrogens with one attached hydrogen (secondary N) is 1. The van der Waals surface area contributed by atoms with Gasteiger partial charge in [-0.15, -0.1) is 0 Å². The predicted molar refractivity (Wildman–Crippen MR) is 158 cm³/mol. The number of carbonyl (C=O) groups is 2. The van der Waals surface area contributed by atoms with Crippen LogP contribution in [0, 0.1) is 6.92 Å². The van der Waals surface area contributed by atoms with Gasteiger partial charge in [0.15, 0.2) is 5.65 Å². The first-order valence-electron chi connectivity index (χ1n) is 13.2. The highest BCUT2D eigenvalue weighted by Crippen LogP contribution is 2.31. The Balaban J connectivity index is 1.70. The number of hydrogen-bond acceptors (Lipinski definition) is 6. The molecular formula is C31H29N5O4S. The lowest BCUT2D eigenvalue weighted by Crippen LogP contribution is -2.44. The van der Waals surface area contributed by atoms with Gasteiger partial charge in [-0.05, 0) is 49.7 Å². The van der Waals surface area contributed by atoms with Gasteiger partial charge >= 0.3 is 6.03 Å². The fraction of sp³-hybridized carbons (Fsp3) is 0.161. The number of para-hydroxylation sites is 1. The molecule has 3 amide bonds. The maximum Gasteiger partial charge on any atom is 0.329 e. The second-order valence-electron chi connectivity index (χ2n) is 9.56. The van der Waals surface area contributed by atoms with E-state index >= 15 is 0 Å². The number of anilines is 1. The molecule has 3 heterocycles. The van der Waals surface area contributed by atoms with E-state index < -0.39 is 22.0 Å². The van der Waals surface area contributed by atoms with Crippen LogP contribution in [0.2, 0.25) is 0 Å². The molecule has 0 atom stereocenters. The number of carbonyl (C=O) groups excluding carboxylic acids is 2. The second kappa shape index (κ2) is 11.7. The van der Waals surface area contributed by atoms with Crippen molar-refractivity contribution in [3.63, 3.8) is 0 Å². The number of amides is 3. The molecule has 41 heavy (non-hydrogen) atoms. The molecule has 0 saturated heterocycles. The van der Waals surface area contributed by atoms with Crippen molar-refractivity contribution in [1.82, 2.24) is 19.3 Å². The number of aryl methyl sites for hydroxylation is 1. The average Bonchev–Trinajstić information content (AvgIpc) is 3.38. The van der Waals surface area contributed by atoms with Gasteiger partial charge in [0.25, 0.3) is 15.9 Å². The highest BCUT2D eigenvalue weighted by molar-refractivity contribution is 7.90. The first-order chi connectivity index (χ1) is 19.8. The third-order valence-corrected chi connectivity index (χ3v) is 8.31. The van der Waals surface area contributed by atoms with Crippen molar-refractivity contribution in [3.05, 3.63) is 109 Å². The summed E-state index contributed by atoms with van der Waals surface area (Å²) in [6.45, 7) is 4.26. The Kier molecular flexibility index (Phi) is 7.93. The first-order valence-corrected chi connectivity index (χ1v) is 14.7. The Morgan fingerprint density at radius 3 is 2.39 bits per heavy atom. The number of benzene rings is 2. The van der Waals surface area contributed by atoms with Crippen LogP contribution in [-0.4, -0.2) is 40.8 Å².